The summed E-state index contributed by atoms with van der Waals surface area (Å²) in [5, 5.41) is 4.27. The third kappa shape index (κ3) is 3.82. The van der Waals surface area contributed by atoms with E-state index in [1.54, 1.807) is 0 Å². The molecule has 190 valence electrons. The van der Waals surface area contributed by atoms with Gasteiger partial charge in [0.1, 0.15) is 16.7 Å². The van der Waals surface area contributed by atoms with Crippen LogP contribution in [0.1, 0.15) is 37.7 Å². The lowest BCUT2D eigenvalue weighted by Crippen LogP contribution is -2.09. The van der Waals surface area contributed by atoms with Gasteiger partial charge in [-0.25, -0.2) is 4.98 Å². The van der Waals surface area contributed by atoms with E-state index in [4.69, 9.17) is 18.8 Å². The molecule has 1 saturated carbocycles. The smallest absolute Gasteiger partial charge is 0.227 e. The van der Waals surface area contributed by atoms with Gasteiger partial charge in [-0.1, -0.05) is 74.6 Å². The molecule has 39 heavy (non-hydrogen) atoms. The molecule has 1 aliphatic carbocycles. The van der Waals surface area contributed by atoms with Crippen molar-refractivity contribution in [2.45, 2.75) is 38.5 Å². The van der Waals surface area contributed by atoms with Crippen molar-refractivity contribution in [2.75, 3.05) is 0 Å². The van der Waals surface area contributed by atoms with E-state index in [9.17, 15) is 0 Å². The van der Waals surface area contributed by atoms with Gasteiger partial charge in [-0.2, -0.15) is 0 Å². The third-order valence-corrected chi connectivity index (χ3v) is 8.39. The van der Waals surface area contributed by atoms with Crippen LogP contribution in [-0.2, 0) is 6.42 Å². The fourth-order valence-corrected chi connectivity index (χ4v) is 6.45. The van der Waals surface area contributed by atoms with Gasteiger partial charge in [0.2, 0.25) is 5.71 Å². The highest BCUT2D eigenvalue weighted by atomic mass is 16.3. The molecule has 0 bridgehead atoms. The second-order valence-corrected chi connectivity index (χ2v) is 10.9. The first-order valence-electron chi connectivity index (χ1n) is 14.0. The zero-order valence-electron chi connectivity index (χ0n) is 21.7. The third-order valence-electron chi connectivity index (χ3n) is 8.39. The monoisotopic (exact) mass is 508 g/mol. The lowest BCUT2D eigenvalue weighted by Gasteiger charge is -2.21. The second kappa shape index (κ2) is 9.09. The SMILES string of the molecule is c1ccc2c(c1)oc1c(-c3ccc4c(n3)oc3c(-c5cc(CC6CCCCC6)ccn5)cccc34)cccc12. The van der Waals surface area contributed by atoms with Crippen LogP contribution in [0.3, 0.4) is 0 Å². The number of nitrogens with zero attached hydrogens (tertiary/aromatic N) is 2. The molecule has 7 aromatic rings. The number of benzene rings is 3. The standard InChI is InChI=1S/C35H28N2O2/c1-2-8-22(9-3-1)20-23-18-19-36-31(21-23)29-14-7-12-26-27-16-17-30(37-35(27)39-34(26)29)28-13-6-11-25-24-10-4-5-15-32(24)38-33(25)28/h4-7,10-19,21-22H,1-3,8-9,20H2. The number of para-hydroxylation sites is 3. The molecule has 4 aromatic heterocycles. The number of pyridine rings is 2. The van der Waals surface area contributed by atoms with E-state index in [1.165, 1.54) is 37.7 Å². The first kappa shape index (κ1) is 22.5. The molecule has 0 spiro atoms. The van der Waals surface area contributed by atoms with Crippen molar-refractivity contribution in [1.82, 2.24) is 9.97 Å². The summed E-state index contributed by atoms with van der Waals surface area (Å²) in [6.07, 6.45) is 9.86. The Hall–Kier alpha value is -4.44. The molecule has 4 nitrogen and oxygen atoms in total. The van der Waals surface area contributed by atoms with Crippen molar-refractivity contribution in [2.24, 2.45) is 5.92 Å². The van der Waals surface area contributed by atoms with E-state index >= 15 is 0 Å². The van der Waals surface area contributed by atoms with Crippen LogP contribution in [0.4, 0.5) is 0 Å². The molecule has 0 radical (unpaired) electrons. The van der Waals surface area contributed by atoms with Crippen LogP contribution in [0.2, 0.25) is 0 Å². The summed E-state index contributed by atoms with van der Waals surface area (Å²) in [6, 6.07) is 29.3. The molecule has 3 aromatic carbocycles. The van der Waals surface area contributed by atoms with Gasteiger partial charge in [0.25, 0.3) is 0 Å². The molecule has 0 N–H and O–H groups in total. The highest BCUT2D eigenvalue weighted by molar-refractivity contribution is 6.11. The Bertz CT molecular complexity index is 1990. The summed E-state index contributed by atoms with van der Waals surface area (Å²) in [6.45, 7) is 0. The Morgan fingerprint density at radius 1 is 0.641 bits per heavy atom. The van der Waals surface area contributed by atoms with Crippen molar-refractivity contribution in [3.63, 3.8) is 0 Å². The normalized spacial score (nSPS) is 14.7. The van der Waals surface area contributed by atoms with Gasteiger partial charge < -0.3 is 8.83 Å². The lowest BCUT2D eigenvalue weighted by molar-refractivity contribution is 0.356. The molecule has 0 unspecified atom stereocenters. The Balaban J connectivity index is 1.22. The molecule has 4 heterocycles. The maximum atomic E-state index is 6.48. The molecule has 0 atom stereocenters. The van der Waals surface area contributed by atoms with E-state index in [0.717, 1.165) is 73.1 Å². The topological polar surface area (TPSA) is 52.1 Å². The number of hydrogen-bond acceptors (Lipinski definition) is 4. The van der Waals surface area contributed by atoms with Crippen LogP contribution in [0.5, 0.6) is 0 Å². The van der Waals surface area contributed by atoms with Crippen molar-refractivity contribution >= 4 is 44.0 Å². The van der Waals surface area contributed by atoms with Gasteiger partial charge in [-0.05, 0) is 60.4 Å². The summed E-state index contributed by atoms with van der Waals surface area (Å²) >= 11 is 0. The maximum Gasteiger partial charge on any atom is 0.227 e. The Labute approximate surface area is 226 Å². The summed E-state index contributed by atoms with van der Waals surface area (Å²) < 4.78 is 12.8. The van der Waals surface area contributed by atoms with Crippen LogP contribution in [0.25, 0.3) is 66.5 Å². The zero-order valence-corrected chi connectivity index (χ0v) is 21.7. The molecular weight excluding hydrogens is 480 g/mol. The highest BCUT2D eigenvalue weighted by Gasteiger charge is 2.18. The quantitative estimate of drug-likeness (QED) is 0.237. The van der Waals surface area contributed by atoms with Crippen molar-refractivity contribution in [3.8, 4) is 22.5 Å². The Kier molecular flexibility index (Phi) is 5.25. The van der Waals surface area contributed by atoms with Gasteiger partial charge in [-0.3, -0.25) is 4.98 Å². The van der Waals surface area contributed by atoms with Crippen molar-refractivity contribution in [1.29, 1.82) is 0 Å². The molecule has 0 saturated heterocycles. The average Bonchev–Trinajstić information content (AvgIpc) is 3.56. The molecule has 4 heteroatoms. The number of fused-ring (bicyclic) bond motifs is 6. The zero-order chi connectivity index (χ0) is 25.8. The fourth-order valence-electron chi connectivity index (χ4n) is 6.45. The van der Waals surface area contributed by atoms with Gasteiger partial charge in [0, 0.05) is 38.9 Å². The molecule has 0 aliphatic heterocycles. The summed E-state index contributed by atoms with van der Waals surface area (Å²) in [5.74, 6) is 0.787. The molecule has 1 fully saturated rings. The predicted octanol–water partition coefficient (Wildman–Crippen LogP) is 9.73. The summed E-state index contributed by atoms with van der Waals surface area (Å²) in [7, 11) is 0. The minimum Gasteiger partial charge on any atom is -0.455 e. The number of hydrogen-bond donors (Lipinski definition) is 0. The number of rotatable bonds is 4. The van der Waals surface area contributed by atoms with Crippen LogP contribution in [0, 0.1) is 5.92 Å². The Morgan fingerprint density at radius 3 is 2.26 bits per heavy atom. The van der Waals surface area contributed by atoms with E-state index in [0.29, 0.717) is 5.71 Å². The van der Waals surface area contributed by atoms with Gasteiger partial charge in [-0.15, -0.1) is 0 Å². The van der Waals surface area contributed by atoms with Crippen LogP contribution in [0.15, 0.2) is 100.0 Å². The van der Waals surface area contributed by atoms with Gasteiger partial charge >= 0.3 is 0 Å². The fraction of sp³-hybridized carbons (Fsp3) is 0.200. The van der Waals surface area contributed by atoms with Crippen molar-refractivity contribution < 1.29 is 8.83 Å². The van der Waals surface area contributed by atoms with E-state index in [1.807, 2.05) is 24.4 Å². The van der Waals surface area contributed by atoms with Gasteiger partial charge in [0.05, 0.1) is 11.4 Å². The van der Waals surface area contributed by atoms with Crippen molar-refractivity contribution in [3.05, 3.63) is 96.7 Å². The van der Waals surface area contributed by atoms with E-state index in [2.05, 4.69) is 66.7 Å². The second-order valence-electron chi connectivity index (χ2n) is 10.9. The average molecular weight is 509 g/mol. The lowest BCUT2D eigenvalue weighted by atomic mass is 9.85. The molecule has 8 rings (SSSR count). The summed E-state index contributed by atoms with van der Waals surface area (Å²) in [5.41, 5.74) is 8.32. The predicted molar refractivity (Wildman–Crippen MR) is 158 cm³/mol. The first-order chi connectivity index (χ1) is 19.3. The minimum atomic E-state index is 0.626. The minimum absolute atomic E-state index is 0.626. The van der Waals surface area contributed by atoms with Gasteiger partial charge in [0.15, 0.2) is 0 Å². The maximum absolute atomic E-state index is 6.48. The summed E-state index contributed by atoms with van der Waals surface area (Å²) in [4.78, 5) is 9.74. The number of aromatic nitrogens is 2. The molecular formula is C35H28N2O2. The van der Waals surface area contributed by atoms with E-state index in [-0.39, 0.29) is 0 Å². The highest BCUT2D eigenvalue weighted by Crippen LogP contribution is 2.39. The molecule has 1 aliphatic rings. The van der Waals surface area contributed by atoms with E-state index < -0.39 is 0 Å². The largest absolute Gasteiger partial charge is 0.455 e. The molecule has 0 amide bonds. The number of furan rings is 2. The van der Waals surface area contributed by atoms with Crippen LogP contribution < -0.4 is 0 Å². The van der Waals surface area contributed by atoms with Crippen LogP contribution >= 0.6 is 0 Å². The van der Waals surface area contributed by atoms with Crippen LogP contribution in [-0.4, -0.2) is 9.97 Å². The Morgan fingerprint density at radius 2 is 1.38 bits per heavy atom. The first-order valence-corrected chi connectivity index (χ1v) is 14.0.